The zero-order chi connectivity index (χ0) is 25.2. The Morgan fingerprint density at radius 3 is 2.40 bits per heavy atom. The zero-order valence-electron chi connectivity index (χ0n) is 20.2. The van der Waals surface area contributed by atoms with Gasteiger partial charge in [0.15, 0.2) is 5.88 Å². The highest BCUT2D eigenvalue weighted by atomic mass is 19.1. The van der Waals surface area contributed by atoms with E-state index in [9.17, 15) is 14.3 Å². The standard InChI is InChI=1S/C28H28FN3O3/c1-28(2,3)35-27(34)32(4)17-18-10-13-21(14-11-18)30-25(19-8-6-5-7-9-19)24-22-15-12-20(29)16-23(22)31-26(24)33/h5-16,31,33H,17H2,1-4H3. The molecule has 0 bridgehead atoms. The maximum atomic E-state index is 13.7. The molecule has 4 aromatic rings. The van der Waals surface area contributed by atoms with E-state index in [1.807, 2.05) is 75.4 Å². The highest BCUT2D eigenvalue weighted by Crippen LogP contribution is 2.32. The number of amides is 1. The van der Waals surface area contributed by atoms with Gasteiger partial charge in [-0.25, -0.2) is 14.2 Å². The van der Waals surface area contributed by atoms with Crippen molar-refractivity contribution in [2.24, 2.45) is 4.99 Å². The van der Waals surface area contributed by atoms with E-state index in [1.54, 1.807) is 13.1 Å². The highest BCUT2D eigenvalue weighted by molar-refractivity contribution is 6.21. The van der Waals surface area contributed by atoms with Crippen LogP contribution in [-0.2, 0) is 11.3 Å². The third-order valence-corrected chi connectivity index (χ3v) is 5.33. The molecular weight excluding hydrogens is 445 g/mol. The molecule has 7 heteroatoms. The number of hydrogen-bond acceptors (Lipinski definition) is 4. The smallest absolute Gasteiger partial charge is 0.410 e. The Bertz CT molecular complexity index is 1370. The summed E-state index contributed by atoms with van der Waals surface area (Å²) in [6.07, 6.45) is -0.391. The van der Waals surface area contributed by atoms with Crippen molar-refractivity contribution in [3.05, 3.63) is 95.3 Å². The summed E-state index contributed by atoms with van der Waals surface area (Å²) in [6, 6.07) is 21.3. The molecule has 3 aromatic carbocycles. The number of carbonyl (C=O) groups is 1. The molecule has 0 aliphatic heterocycles. The number of nitrogens with zero attached hydrogens (tertiary/aromatic N) is 2. The van der Waals surface area contributed by atoms with Crippen LogP contribution in [0, 0.1) is 5.82 Å². The van der Waals surface area contributed by atoms with Crippen molar-refractivity contribution in [3.63, 3.8) is 0 Å². The molecule has 4 rings (SSSR count). The van der Waals surface area contributed by atoms with Gasteiger partial charge in [-0.15, -0.1) is 0 Å². The minimum atomic E-state index is -0.558. The van der Waals surface area contributed by atoms with Crippen LogP contribution in [0.3, 0.4) is 0 Å². The molecule has 0 spiro atoms. The lowest BCUT2D eigenvalue weighted by molar-refractivity contribution is 0.0285. The summed E-state index contributed by atoms with van der Waals surface area (Å²) in [4.78, 5) is 21.5. The average Bonchev–Trinajstić information content (AvgIpc) is 3.12. The SMILES string of the molecule is CN(Cc1ccc(N=C(c2ccccc2)c2c(O)[nH]c3cc(F)ccc23)cc1)C(=O)OC(C)(C)C. The minimum absolute atomic E-state index is 0.0798. The second-order valence-electron chi connectivity index (χ2n) is 9.37. The number of fused-ring (bicyclic) bond motifs is 1. The maximum absolute atomic E-state index is 13.7. The van der Waals surface area contributed by atoms with Crippen LogP contribution >= 0.6 is 0 Å². The first-order valence-corrected chi connectivity index (χ1v) is 11.3. The average molecular weight is 474 g/mol. The number of halogens is 1. The van der Waals surface area contributed by atoms with Gasteiger partial charge in [-0.05, 0) is 56.7 Å². The van der Waals surface area contributed by atoms with E-state index in [2.05, 4.69) is 4.98 Å². The lowest BCUT2D eigenvalue weighted by Crippen LogP contribution is -2.33. The fourth-order valence-corrected chi connectivity index (χ4v) is 3.74. The first-order valence-electron chi connectivity index (χ1n) is 11.3. The number of aromatic nitrogens is 1. The van der Waals surface area contributed by atoms with Gasteiger partial charge in [0.25, 0.3) is 0 Å². The second kappa shape index (κ2) is 9.62. The molecule has 0 unspecified atom stereocenters. The second-order valence-corrected chi connectivity index (χ2v) is 9.37. The van der Waals surface area contributed by atoms with Crippen molar-refractivity contribution in [3.8, 4) is 5.88 Å². The molecule has 0 saturated carbocycles. The highest BCUT2D eigenvalue weighted by Gasteiger charge is 2.20. The Labute approximate surface area is 203 Å². The first-order chi connectivity index (χ1) is 16.6. The molecule has 1 amide bonds. The van der Waals surface area contributed by atoms with E-state index >= 15 is 0 Å². The lowest BCUT2D eigenvalue weighted by atomic mass is 10.0. The third-order valence-electron chi connectivity index (χ3n) is 5.33. The number of nitrogens with one attached hydrogen (secondary N) is 1. The molecule has 1 heterocycles. The molecule has 1 aromatic heterocycles. The van der Waals surface area contributed by atoms with Crippen LogP contribution in [0.1, 0.15) is 37.5 Å². The molecule has 0 aliphatic carbocycles. The van der Waals surface area contributed by atoms with Crippen LogP contribution in [0.4, 0.5) is 14.9 Å². The van der Waals surface area contributed by atoms with Gasteiger partial charge >= 0.3 is 6.09 Å². The molecule has 180 valence electrons. The Hall–Kier alpha value is -4.13. The van der Waals surface area contributed by atoms with E-state index in [1.165, 1.54) is 17.0 Å². The van der Waals surface area contributed by atoms with E-state index in [0.717, 1.165) is 11.1 Å². The number of H-pyrrole nitrogens is 1. The van der Waals surface area contributed by atoms with Crippen molar-refractivity contribution in [1.29, 1.82) is 0 Å². The predicted octanol–water partition coefficient (Wildman–Crippen LogP) is 6.55. The number of benzene rings is 3. The molecule has 0 fully saturated rings. The monoisotopic (exact) mass is 473 g/mol. The van der Waals surface area contributed by atoms with Crippen molar-refractivity contribution in [2.45, 2.75) is 32.9 Å². The van der Waals surface area contributed by atoms with Crippen molar-refractivity contribution >= 4 is 28.4 Å². The molecule has 6 nitrogen and oxygen atoms in total. The third kappa shape index (κ3) is 5.69. The fraction of sp³-hybridized carbons (Fsp3) is 0.214. The molecule has 0 radical (unpaired) electrons. The van der Waals surface area contributed by atoms with E-state index in [0.29, 0.717) is 34.4 Å². The zero-order valence-corrected chi connectivity index (χ0v) is 20.2. The van der Waals surface area contributed by atoms with Crippen molar-refractivity contribution in [2.75, 3.05) is 7.05 Å². The van der Waals surface area contributed by atoms with Gasteiger partial charge in [0, 0.05) is 24.5 Å². The number of hydrogen-bond donors (Lipinski definition) is 2. The Kier molecular flexibility index (Phi) is 6.60. The van der Waals surface area contributed by atoms with E-state index in [4.69, 9.17) is 9.73 Å². The normalized spacial score (nSPS) is 12.1. The van der Waals surface area contributed by atoms with Gasteiger partial charge in [-0.2, -0.15) is 0 Å². The summed E-state index contributed by atoms with van der Waals surface area (Å²) < 4.78 is 19.2. The van der Waals surface area contributed by atoms with E-state index < -0.39 is 17.5 Å². The Morgan fingerprint density at radius 1 is 1.06 bits per heavy atom. The number of ether oxygens (including phenoxy) is 1. The van der Waals surface area contributed by atoms with Crippen LogP contribution in [0.5, 0.6) is 5.88 Å². The number of carbonyl (C=O) groups excluding carboxylic acids is 1. The maximum Gasteiger partial charge on any atom is 0.410 e. The summed E-state index contributed by atoms with van der Waals surface area (Å²) in [5, 5.41) is 11.4. The number of aliphatic imine (C=N–C) groups is 1. The summed E-state index contributed by atoms with van der Waals surface area (Å²) in [7, 11) is 1.69. The minimum Gasteiger partial charge on any atom is -0.494 e. The largest absolute Gasteiger partial charge is 0.494 e. The Morgan fingerprint density at radius 2 is 1.74 bits per heavy atom. The summed E-state index contributed by atoms with van der Waals surface area (Å²) in [6.45, 7) is 5.88. The predicted molar refractivity (Wildman–Crippen MR) is 136 cm³/mol. The summed E-state index contributed by atoms with van der Waals surface area (Å²) in [5.74, 6) is -0.473. The first kappa shape index (κ1) is 24.0. The Balaban J connectivity index is 1.67. The van der Waals surface area contributed by atoms with Crippen molar-refractivity contribution in [1.82, 2.24) is 9.88 Å². The number of rotatable bonds is 5. The van der Waals surface area contributed by atoms with Crippen LogP contribution < -0.4 is 0 Å². The van der Waals surface area contributed by atoms with Gasteiger partial charge in [-0.3, -0.25) is 0 Å². The quantitative estimate of drug-likeness (QED) is 0.323. The number of aromatic hydroxyl groups is 1. The summed E-state index contributed by atoms with van der Waals surface area (Å²) in [5.41, 5.74) is 3.38. The molecule has 0 aliphatic rings. The summed E-state index contributed by atoms with van der Waals surface area (Å²) >= 11 is 0. The van der Waals surface area contributed by atoms with Gasteiger partial charge in [0.1, 0.15) is 11.4 Å². The van der Waals surface area contributed by atoms with Crippen LogP contribution in [0.2, 0.25) is 0 Å². The van der Waals surface area contributed by atoms with Gasteiger partial charge in [-0.1, -0.05) is 42.5 Å². The van der Waals surface area contributed by atoms with E-state index in [-0.39, 0.29) is 5.88 Å². The van der Waals surface area contributed by atoms with Gasteiger partial charge in [0.05, 0.1) is 22.5 Å². The molecule has 35 heavy (non-hydrogen) atoms. The lowest BCUT2D eigenvalue weighted by Gasteiger charge is -2.24. The fourth-order valence-electron chi connectivity index (χ4n) is 3.74. The molecule has 0 atom stereocenters. The van der Waals surface area contributed by atoms with Crippen LogP contribution in [0.15, 0.2) is 77.8 Å². The molecule has 2 N–H and O–H groups in total. The topological polar surface area (TPSA) is 77.9 Å². The van der Waals surface area contributed by atoms with Crippen molar-refractivity contribution < 1.29 is 19.0 Å². The molecule has 0 saturated heterocycles. The molecular formula is C28H28FN3O3. The van der Waals surface area contributed by atoms with Crippen LogP contribution in [0.25, 0.3) is 10.9 Å². The number of aromatic amines is 1. The van der Waals surface area contributed by atoms with Gasteiger partial charge < -0.3 is 19.7 Å². The van der Waals surface area contributed by atoms with Crippen LogP contribution in [-0.4, -0.2) is 39.4 Å². The van der Waals surface area contributed by atoms with Gasteiger partial charge in [0.2, 0.25) is 0 Å².